The molecule has 0 aromatic heterocycles. The summed E-state index contributed by atoms with van der Waals surface area (Å²) in [6.45, 7) is 33.3. The standard InChI is InChI=1S/C27H34N2O2.C26H30N2O2.C3H8/c1-16-13-22-23(27(5,6)12-11-26(22,3)4)15-20(16)17(2)19-9-7-18(8-10-19)14-21(24(28)30)25(29)31;1-15-10-11-26(4,5)23-14-20(16(2)12-21(15)23)17(3)19-8-6-18(7-9-19)13-22(24(27)29)25(28)30;1-3-2/h7-10,13,15,21H,2,11-12,14H2,1,3-6H3,(H2,28,30)(H2,29,31);6-12,14-15,22H,3,13H2,1-2,4-5H3,(H2,27,29)(H2,28,30);3H2,1-2H3. The predicted molar refractivity (Wildman–Crippen MR) is 265 cm³/mol. The Labute approximate surface area is 382 Å². The number of carbonyl (C=O) groups excluding carboxylic acids is 4. The summed E-state index contributed by atoms with van der Waals surface area (Å²) in [5.74, 6) is -4.40. The number of allylic oxidation sites excluding steroid dienone is 2. The lowest BCUT2D eigenvalue weighted by molar-refractivity contribution is -0.133. The number of rotatable bonds is 12. The van der Waals surface area contributed by atoms with Crippen molar-refractivity contribution in [3.63, 3.8) is 0 Å². The van der Waals surface area contributed by atoms with E-state index >= 15 is 0 Å². The lowest BCUT2D eigenvalue weighted by Gasteiger charge is -2.42. The number of hydrogen-bond acceptors (Lipinski definition) is 4. The fourth-order valence-electron chi connectivity index (χ4n) is 8.76. The van der Waals surface area contributed by atoms with Crippen LogP contribution in [0.15, 0.2) is 98.1 Å². The fourth-order valence-corrected chi connectivity index (χ4v) is 8.76. The van der Waals surface area contributed by atoms with Gasteiger partial charge in [-0.1, -0.05) is 161 Å². The third-order valence-corrected chi connectivity index (χ3v) is 13.1. The molecule has 0 radical (unpaired) electrons. The third-order valence-electron chi connectivity index (χ3n) is 13.1. The molecule has 0 saturated carbocycles. The van der Waals surface area contributed by atoms with Crippen molar-refractivity contribution in [2.45, 2.75) is 130 Å². The Morgan fingerprint density at radius 3 is 1.31 bits per heavy atom. The van der Waals surface area contributed by atoms with Gasteiger partial charge in [-0.3, -0.25) is 19.2 Å². The van der Waals surface area contributed by atoms with Crippen LogP contribution in [0, 0.1) is 25.7 Å². The number of nitrogens with two attached hydrogens (primary N) is 4. The molecule has 0 bridgehead atoms. The molecular weight excluding hydrogens is 793 g/mol. The smallest absolute Gasteiger partial charge is 0.230 e. The van der Waals surface area contributed by atoms with Gasteiger partial charge in [0.25, 0.3) is 0 Å². The average molecular weight is 865 g/mol. The molecule has 8 nitrogen and oxygen atoms in total. The molecule has 0 heterocycles. The van der Waals surface area contributed by atoms with E-state index < -0.39 is 35.5 Å². The van der Waals surface area contributed by atoms with E-state index in [2.05, 4.69) is 126 Å². The summed E-state index contributed by atoms with van der Waals surface area (Å²) in [5.41, 5.74) is 37.3. The van der Waals surface area contributed by atoms with Crippen molar-refractivity contribution >= 4 is 34.8 Å². The SMILES string of the molecule is C=C(c1ccc(CC(C(N)=O)C(N)=O)cc1)c1cc2c(cc1C)C(C)(C)CCC2(C)C.C=C(c1ccc(CC(C(N)=O)C(N)=O)cc1)c1cc2c(cc1C)C(C)C=CC2(C)C.CCC. The van der Waals surface area contributed by atoms with Crippen LogP contribution in [0.2, 0.25) is 0 Å². The van der Waals surface area contributed by atoms with Crippen molar-refractivity contribution in [2.24, 2.45) is 34.8 Å². The minimum Gasteiger partial charge on any atom is -0.369 e. The van der Waals surface area contributed by atoms with Gasteiger partial charge >= 0.3 is 0 Å². The monoisotopic (exact) mass is 865 g/mol. The van der Waals surface area contributed by atoms with Crippen LogP contribution in [0.3, 0.4) is 0 Å². The normalized spacial score (nSPS) is 16.2. The molecule has 1 unspecified atom stereocenters. The van der Waals surface area contributed by atoms with E-state index in [0.717, 1.165) is 50.9 Å². The minimum atomic E-state index is -1.00. The van der Waals surface area contributed by atoms with Crippen LogP contribution in [0.5, 0.6) is 0 Å². The molecule has 1 atom stereocenters. The van der Waals surface area contributed by atoms with E-state index in [1.807, 2.05) is 48.5 Å². The lowest BCUT2D eigenvalue weighted by Crippen LogP contribution is -2.36. The molecule has 0 spiro atoms. The van der Waals surface area contributed by atoms with Gasteiger partial charge in [-0.05, 0) is 140 Å². The molecule has 0 fully saturated rings. The molecule has 64 heavy (non-hydrogen) atoms. The van der Waals surface area contributed by atoms with Crippen LogP contribution in [-0.4, -0.2) is 23.6 Å². The summed E-state index contributed by atoms with van der Waals surface area (Å²) in [4.78, 5) is 45.8. The van der Waals surface area contributed by atoms with Crippen molar-refractivity contribution in [3.8, 4) is 0 Å². The fraction of sp³-hybridized carbons (Fsp3) is 0.393. The van der Waals surface area contributed by atoms with Crippen LogP contribution in [0.1, 0.15) is 154 Å². The number of amides is 4. The Morgan fingerprint density at radius 2 is 0.938 bits per heavy atom. The molecule has 0 aliphatic heterocycles. The van der Waals surface area contributed by atoms with E-state index in [1.165, 1.54) is 46.2 Å². The molecule has 8 heteroatoms. The third kappa shape index (κ3) is 11.6. The first-order valence-electron chi connectivity index (χ1n) is 22.5. The van der Waals surface area contributed by atoms with Gasteiger partial charge in [0, 0.05) is 5.41 Å². The quantitative estimate of drug-likeness (QED) is 0.0821. The second-order valence-electron chi connectivity index (χ2n) is 19.8. The van der Waals surface area contributed by atoms with Gasteiger partial charge in [0.15, 0.2) is 0 Å². The Balaban J connectivity index is 0.000000265. The highest BCUT2D eigenvalue weighted by Crippen LogP contribution is 2.47. The van der Waals surface area contributed by atoms with Crippen LogP contribution in [0.25, 0.3) is 11.1 Å². The summed E-state index contributed by atoms with van der Waals surface area (Å²) < 4.78 is 0. The highest BCUT2D eigenvalue weighted by molar-refractivity contribution is 5.99. The maximum absolute atomic E-state index is 11.5. The Hall–Kier alpha value is -6.02. The first kappa shape index (κ1) is 50.6. The molecule has 4 aromatic carbocycles. The van der Waals surface area contributed by atoms with Gasteiger partial charge in [-0.15, -0.1) is 0 Å². The van der Waals surface area contributed by atoms with Crippen molar-refractivity contribution in [1.82, 2.24) is 0 Å². The summed E-state index contributed by atoms with van der Waals surface area (Å²) in [5, 5.41) is 0. The Morgan fingerprint density at radius 1 is 0.594 bits per heavy atom. The van der Waals surface area contributed by atoms with Gasteiger partial charge in [0.05, 0.1) is 0 Å². The summed E-state index contributed by atoms with van der Waals surface area (Å²) in [7, 11) is 0. The van der Waals surface area contributed by atoms with Crippen molar-refractivity contribution in [1.29, 1.82) is 0 Å². The maximum Gasteiger partial charge on any atom is 0.230 e. The second kappa shape index (κ2) is 20.2. The van der Waals surface area contributed by atoms with Crippen LogP contribution in [-0.2, 0) is 48.3 Å². The summed E-state index contributed by atoms with van der Waals surface area (Å²) >= 11 is 0. The first-order valence-corrected chi connectivity index (χ1v) is 22.5. The molecule has 4 amide bonds. The minimum absolute atomic E-state index is 0.0209. The Kier molecular flexibility index (Phi) is 16.0. The van der Waals surface area contributed by atoms with Gasteiger partial charge in [-0.25, -0.2) is 0 Å². The number of primary amides is 4. The van der Waals surface area contributed by atoms with E-state index in [9.17, 15) is 19.2 Å². The zero-order chi connectivity index (χ0) is 48.1. The largest absolute Gasteiger partial charge is 0.369 e. The van der Waals surface area contributed by atoms with Crippen molar-refractivity contribution < 1.29 is 19.2 Å². The second-order valence-corrected chi connectivity index (χ2v) is 19.8. The zero-order valence-corrected chi connectivity index (χ0v) is 40.2. The van der Waals surface area contributed by atoms with E-state index in [-0.39, 0.29) is 29.1 Å². The first-order chi connectivity index (χ1) is 29.8. The predicted octanol–water partition coefficient (Wildman–Crippen LogP) is 10.1. The van der Waals surface area contributed by atoms with Crippen molar-refractivity contribution in [3.05, 3.63) is 165 Å². The summed E-state index contributed by atoms with van der Waals surface area (Å²) in [6, 6.07) is 24.7. The van der Waals surface area contributed by atoms with Crippen LogP contribution in [0.4, 0.5) is 0 Å². The molecule has 0 saturated heterocycles. The lowest BCUT2D eigenvalue weighted by atomic mass is 9.62. The number of benzene rings is 4. The topological polar surface area (TPSA) is 172 Å². The van der Waals surface area contributed by atoms with E-state index in [0.29, 0.717) is 5.92 Å². The van der Waals surface area contributed by atoms with Crippen LogP contribution >= 0.6 is 0 Å². The molecule has 2 aliphatic rings. The van der Waals surface area contributed by atoms with Crippen LogP contribution < -0.4 is 22.9 Å². The van der Waals surface area contributed by atoms with E-state index in [1.54, 1.807) is 0 Å². The number of hydrogen-bond donors (Lipinski definition) is 4. The molecule has 2 aliphatic carbocycles. The number of carbonyl (C=O) groups is 4. The van der Waals surface area contributed by atoms with Gasteiger partial charge in [0.1, 0.15) is 11.8 Å². The van der Waals surface area contributed by atoms with Gasteiger partial charge in [-0.2, -0.15) is 0 Å². The average Bonchev–Trinajstić information content (AvgIpc) is 3.22. The molecular formula is C56H72N4O4. The zero-order valence-electron chi connectivity index (χ0n) is 40.2. The molecule has 6 rings (SSSR count). The van der Waals surface area contributed by atoms with E-state index in [4.69, 9.17) is 22.9 Å². The molecule has 4 aromatic rings. The maximum atomic E-state index is 11.5. The highest BCUT2D eigenvalue weighted by atomic mass is 16.2. The number of aryl methyl sites for hydroxylation is 2. The molecule has 340 valence electrons. The van der Waals surface area contributed by atoms with Crippen molar-refractivity contribution in [2.75, 3.05) is 0 Å². The summed E-state index contributed by atoms with van der Waals surface area (Å²) in [6.07, 6.45) is 8.57. The highest BCUT2D eigenvalue weighted by Gasteiger charge is 2.38. The number of fused-ring (bicyclic) bond motifs is 2. The Bertz CT molecular complexity index is 2420. The van der Waals surface area contributed by atoms with Gasteiger partial charge < -0.3 is 22.9 Å². The van der Waals surface area contributed by atoms with Gasteiger partial charge in [0.2, 0.25) is 23.6 Å². The molecule has 8 N–H and O–H groups in total.